The van der Waals surface area contributed by atoms with Crippen LogP contribution in [0.25, 0.3) is 0 Å². The summed E-state index contributed by atoms with van der Waals surface area (Å²) in [6.45, 7) is 11.0. The largest absolute Gasteiger partial charge is 0.489 e. The molecule has 0 bridgehead atoms. The second-order valence-corrected chi connectivity index (χ2v) is 7.50. The van der Waals surface area contributed by atoms with Gasteiger partial charge in [0.15, 0.2) is 0 Å². The van der Waals surface area contributed by atoms with Crippen molar-refractivity contribution in [2.75, 3.05) is 10.6 Å². The molecule has 0 aliphatic carbocycles. The number of para-hydroxylation sites is 2. The zero-order valence-corrected chi connectivity index (χ0v) is 16.8. The van der Waals surface area contributed by atoms with Crippen molar-refractivity contribution in [3.05, 3.63) is 53.6 Å². The molecule has 2 aromatic rings. The fourth-order valence-corrected chi connectivity index (χ4v) is 2.41. The number of carbonyl (C=O) groups excluding carboxylic acids is 2. The summed E-state index contributed by atoms with van der Waals surface area (Å²) in [5, 5.41) is 5.65. The second kappa shape index (κ2) is 8.25. The van der Waals surface area contributed by atoms with Gasteiger partial charge in [-0.2, -0.15) is 0 Å². The van der Waals surface area contributed by atoms with Crippen molar-refractivity contribution in [2.24, 2.45) is 5.41 Å². The maximum atomic E-state index is 12.8. The maximum absolute atomic E-state index is 12.8. The first-order valence-electron chi connectivity index (χ1n) is 9.07. The summed E-state index contributed by atoms with van der Waals surface area (Å²) in [6, 6.07) is 12.9. The topological polar surface area (TPSA) is 67.4 Å². The minimum Gasteiger partial charge on any atom is -0.489 e. The number of ether oxygens (including phenoxy) is 1. The molecular weight excluding hydrogens is 340 g/mol. The number of aryl methyl sites for hydroxylation is 2. The number of carbonyl (C=O) groups is 2. The van der Waals surface area contributed by atoms with Crippen LogP contribution in [0.15, 0.2) is 42.5 Å². The van der Waals surface area contributed by atoms with E-state index in [-0.39, 0.29) is 12.0 Å². The molecule has 0 spiro atoms. The number of benzene rings is 2. The molecule has 0 fully saturated rings. The minimum atomic E-state index is -1.26. The summed E-state index contributed by atoms with van der Waals surface area (Å²) in [7, 11) is 0. The third-order valence-electron chi connectivity index (χ3n) is 4.40. The Labute approximate surface area is 161 Å². The van der Waals surface area contributed by atoms with E-state index in [9.17, 15) is 9.59 Å². The van der Waals surface area contributed by atoms with Crippen LogP contribution in [0.2, 0.25) is 0 Å². The van der Waals surface area contributed by atoms with E-state index in [1.807, 2.05) is 58.0 Å². The number of amides is 2. The first kappa shape index (κ1) is 20.5. The van der Waals surface area contributed by atoms with Crippen LogP contribution >= 0.6 is 0 Å². The monoisotopic (exact) mass is 368 g/mol. The Bertz CT molecular complexity index is 841. The van der Waals surface area contributed by atoms with Gasteiger partial charge in [-0.15, -0.1) is 0 Å². The molecular formula is C22H28N2O3. The quantitative estimate of drug-likeness (QED) is 0.727. The van der Waals surface area contributed by atoms with E-state index in [0.717, 1.165) is 11.1 Å². The molecule has 0 saturated heterocycles. The zero-order chi connectivity index (χ0) is 20.2. The predicted molar refractivity (Wildman–Crippen MR) is 109 cm³/mol. The van der Waals surface area contributed by atoms with Gasteiger partial charge in [-0.3, -0.25) is 9.59 Å². The van der Waals surface area contributed by atoms with Gasteiger partial charge < -0.3 is 15.4 Å². The Morgan fingerprint density at radius 3 is 2.19 bits per heavy atom. The SMILES string of the molecule is Cc1ccc(NC(=O)C(C)(C)C(=O)Nc2ccccc2OC(C)C)cc1C. The van der Waals surface area contributed by atoms with Crippen LogP contribution in [-0.2, 0) is 9.59 Å². The highest BCUT2D eigenvalue weighted by Gasteiger charge is 2.36. The molecule has 5 nitrogen and oxygen atoms in total. The normalized spacial score (nSPS) is 11.2. The lowest BCUT2D eigenvalue weighted by Crippen LogP contribution is -2.41. The molecule has 144 valence electrons. The van der Waals surface area contributed by atoms with Crippen LogP contribution in [0.1, 0.15) is 38.8 Å². The third kappa shape index (κ3) is 5.09. The zero-order valence-electron chi connectivity index (χ0n) is 16.8. The smallest absolute Gasteiger partial charge is 0.239 e. The number of anilines is 2. The molecule has 2 rings (SSSR count). The van der Waals surface area contributed by atoms with Crippen LogP contribution in [0.3, 0.4) is 0 Å². The lowest BCUT2D eigenvalue weighted by molar-refractivity contribution is -0.135. The highest BCUT2D eigenvalue weighted by molar-refractivity contribution is 6.14. The van der Waals surface area contributed by atoms with Crippen molar-refractivity contribution in [3.63, 3.8) is 0 Å². The van der Waals surface area contributed by atoms with Gasteiger partial charge in [-0.25, -0.2) is 0 Å². The summed E-state index contributed by atoms with van der Waals surface area (Å²) in [5.74, 6) is -0.194. The van der Waals surface area contributed by atoms with Gasteiger partial charge in [0.1, 0.15) is 11.2 Å². The van der Waals surface area contributed by atoms with Crippen LogP contribution < -0.4 is 15.4 Å². The van der Waals surface area contributed by atoms with Crippen molar-refractivity contribution in [3.8, 4) is 5.75 Å². The van der Waals surface area contributed by atoms with E-state index in [1.165, 1.54) is 0 Å². The molecule has 0 aromatic heterocycles. The molecule has 0 heterocycles. The van der Waals surface area contributed by atoms with Crippen LogP contribution in [0, 0.1) is 19.3 Å². The Kier molecular flexibility index (Phi) is 6.26. The number of hydrogen-bond acceptors (Lipinski definition) is 3. The number of hydrogen-bond donors (Lipinski definition) is 2. The van der Waals surface area contributed by atoms with E-state index < -0.39 is 11.3 Å². The first-order chi connectivity index (χ1) is 12.6. The number of nitrogens with one attached hydrogen (secondary N) is 2. The molecule has 0 atom stereocenters. The van der Waals surface area contributed by atoms with Crippen LogP contribution in [0.4, 0.5) is 11.4 Å². The van der Waals surface area contributed by atoms with Crippen molar-refractivity contribution in [1.29, 1.82) is 0 Å². The van der Waals surface area contributed by atoms with Gasteiger partial charge in [0.25, 0.3) is 0 Å². The van der Waals surface area contributed by atoms with E-state index >= 15 is 0 Å². The van der Waals surface area contributed by atoms with Crippen LogP contribution in [0.5, 0.6) is 5.75 Å². The first-order valence-corrected chi connectivity index (χ1v) is 9.07. The molecule has 0 aliphatic heterocycles. The Hall–Kier alpha value is -2.82. The molecule has 0 aliphatic rings. The molecule has 27 heavy (non-hydrogen) atoms. The Morgan fingerprint density at radius 1 is 0.926 bits per heavy atom. The molecule has 0 radical (unpaired) electrons. The highest BCUT2D eigenvalue weighted by atomic mass is 16.5. The van der Waals surface area contributed by atoms with Gasteiger partial charge in [0, 0.05) is 5.69 Å². The molecule has 5 heteroatoms. The molecule has 0 saturated carbocycles. The van der Waals surface area contributed by atoms with Crippen molar-refractivity contribution in [2.45, 2.75) is 47.6 Å². The fraction of sp³-hybridized carbons (Fsp3) is 0.364. The standard InChI is InChI=1S/C22H28N2O3/c1-14(2)27-19-10-8-7-9-18(19)24-21(26)22(5,6)20(25)23-17-12-11-15(3)16(4)13-17/h7-14H,1-6H3,(H,23,25)(H,24,26). The highest BCUT2D eigenvalue weighted by Crippen LogP contribution is 2.28. The summed E-state index contributed by atoms with van der Waals surface area (Å²) >= 11 is 0. The Balaban J connectivity index is 2.14. The van der Waals surface area contributed by atoms with Gasteiger partial charge >= 0.3 is 0 Å². The molecule has 0 unspecified atom stereocenters. The number of rotatable bonds is 6. The summed E-state index contributed by atoms with van der Waals surface area (Å²) in [4.78, 5) is 25.5. The fourth-order valence-electron chi connectivity index (χ4n) is 2.41. The van der Waals surface area contributed by atoms with Gasteiger partial charge in [0.2, 0.25) is 11.8 Å². The predicted octanol–water partition coefficient (Wildman–Crippen LogP) is 4.69. The average Bonchev–Trinajstić information content (AvgIpc) is 2.59. The van der Waals surface area contributed by atoms with E-state index in [2.05, 4.69) is 10.6 Å². The molecule has 2 N–H and O–H groups in total. The van der Waals surface area contributed by atoms with Gasteiger partial charge in [-0.1, -0.05) is 18.2 Å². The summed E-state index contributed by atoms with van der Waals surface area (Å²) in [5.41, 5.74) is 2.18. The second-order valence-electron chi connectivity index (χ2n) is 7.50. The van der Waals surface area contributed by atoms with Crippen molar-refractivity contribution < 1.29 is 14.3 Å². The molecule has 2 aromatic carbocycles. The van der Waals surface area contributed by atoms with Crippen molar-refractivity contribution >= 4 is 23.2 Å². The van der Waals surface area contributed by atoms with Gasteiger partial charge in [-0.05, 0) is 76.9 Å². The van der Waals surface area contributed by atoms with Gasteiger partial charge in [0.05, 0.1) is 11.8 Å². The van der Waals surface area contributed by atoms with E-state index in [1.54, 1.807) is 26.0 Å². The van der Waals surface area contributed by atoms with E-state index in [4.69, 9.17) is 4.74 Å². The lowest BCUT2D eigenvalue weighted by atomic mass is 9.90. The summed E-state index contributed by atoms with van der Waals surface area (Å²) < 4.78 is 5.72. The third-order valence-corrected chi connectivity index (χ3v) is 4.40. The van der Waals surface area contributed by atoms with Crippen LogP contribution in [-0.4, -0.2) is 17.9 Å². The molecule has 2 amide bonds. The Morgan fingerprint density at radius 2 is 1.56 bits per heavy atom. The minimum absolute atomic E-state index is 0.0239. The average molecular weight is 368 g/mol. The van der Waals surface area contributed by atoms with E-state index in [0.29, 0.717) is 17.1 Å². The lowest BCUT2D eigenvalue weighted by Gasteiger charge is -2.24. The summed E-state index contributed by atoms with van der Waals surface area (Å²) in [6.07, 6.45) is -0.0239. The maximum Gasteiger partial charge on any atom is 0.239 e. The van der Waals surface area contributed by atoms with Crippen molar-refractivity contribution in [1.82, 2.24) is 0 Å².